The zero-order valence-corrected chi connectivity index (χ0v) is 14.2. The highest BCUT2D eigenvalue weighted by molar-refractivity contribution is 7.99. The maximum Gasteiger partial charge on any atom is 0.0596 e. The molecule has 0 spiro atoms. The van der Waals surface area contributed by atoms with Gasteiger partial charge in [-0.1, -0.05) is 17.7 Å². The zero-order valence-electron chi connectivity index (χ0n) is 13.4. The Hall–Kier alpha value is -1.26. The summed E-state index contributed by atoms with van der Waals surface area (Å²) in [6.45, 7) is 7.26. The van der Waals surface area contributed by atoms with Crippen molar-refractivity contribution < 1.29 is 0 Å². The predicted octanol–water partition coefficient (Wildman–Crippen LogP) is 3.44. The van der Waals surface area contributed by atoms with E-state index >= 15 is 0 Å². The molecule has 4 heteroatoms. The van der Waals surface area contributed by atoms with Crippen LogP contribution in [-0.4, -0.2) is 28.6 Å². The van der Waals surface area contributed by atoms with Gasteiger partial charge in [0, 0.05) is 35.3 Å². The van der Waals surface area contributed by atoms with E-state index in [0.29, 0.717) is 6.04 Å². The van der Waals surface area contributed by atoms with E-state index in [1.54, 1.807) is 0 Å². The van der Waals surface area contributed by atoms with Crippen molar-refractivity contribution in [1.29, 1.82) is 0 Å². The highest BCUT2D eigenvalue weighted by atomic mass is 32.2. The summed E-state index contributed by atoms with van der Waals surface area (Å²) in [5, 5.41) is 7.96. The van der Waals surface area contributed by atoms with Gasteiger partial charge in [0.15, 0.2) is 0 Å². The minimum Gasteiger partial charge on any atom is -0.316 e. The second-order valence-electron chi connectivity index (χ2n) is 5.41. The van der Waals surface area contributed by atoms with E-state index in [1.807, 2.05) is 18.8 Å². The smallest absolute Gasteiger partial charge is 0.0596 e. The molecular weight excluding hydrogens is 278 g/mol. The summed E-state index contributed by atoms with van der Waals surface area (Å²) in [6.07, 6.45) is 1.02. The van der Waals surface area contributed by atoms with Gasteiger partial charge >= 0.3 is 0 Å². The van der Waals surface area contributed by atoms with Gasteiger partial charge in [0.1, 0.15) is 0 Å². The molecule has 0 fully saturated rings. The number of nitrogens with one attached hydrogen (secondary N) is 1. The number of rotatable bonds is 7. The van der Waals surface area contributed by atoms with Crippen LogP contribution in [-0.2, 0) is 13.0 Å². The van der Waals surface area contributed by atoms with Gasteiger partial charge in [-0.25, -0.2) is 0 Å². The summed E-state index contributed by atoms with van der Waals surface area (Å²) in [4.78, 5) is 1.33. The number of nitrogens with zero attached hydrogens (tertiary/aromatic N) is 2. The number of likely N-dealkylation sites (N-methyl/N-ethyl adjacent to an activating group) is 1. The third-order valence-corrected chi connectivity index (χ3v) is 4.80. The lowest BCUT2D eigenvalue weighted by Gasteiger charge is -2.16. The first-order chi connectivity index (χ1) is 10.1. The summed E-state index contributed by atoms with van der Waals surface area (Å²) in [5.74, 6) is 1.06. The first-order valence-corrected chi connectivity index (χ1v) is 8.51. The Labute approximate surface area is 132 Å². The second-order valence-corrected chi connectivity index (χ2v) is 6.50. The van der Waals surface area contributed by atoms with Gasteiger partial charge in [-0.2, -0.15) is 5.10 Å². The number of aryl methyl sites for hydroxylation is 3. The van der Waals surface area contributed by atoms with E-state index < -0.39 is 0 Å². The normalized spacial score (nSPS) is 12.6. The van der Waals surface area contributed by atoms with Crippen LogP contribution in [0.4, 0.5) is 0 Å². The summed E-state index contributed by atoms with van der Waals surface area (Å²) < 4.78 is 2.11. The number of thioether (sulfide) groups is 1. The highest BCUT2D eigenvalue weighted by Gasteiger charge is 2.12. The van der Waals surface area contributed by atoms with Crippen LogP contribution in [0.25, 0.3) is 0 Å². The molecule has 0 saturated carbocycles. The first-order valence-electron chi connectivity index (χ1n) is 7.52. The minimum absolute atomic E-state index is 0.456. The molecule has 114 valence electrons. The van der Waals surface area contributed by atoms with Crippen LogP contribution in [0.5, 0.6) is 0 Å². The summed E-state index contributed by atoms with van der Waals surface area (Å²) >= 11 is 1.91. The molecule has 2 rings (SSSR count). The van der Waals surface area contributed by atoms with Crippen molar-refractivity contribution >= 4 is 11.8 Å². The molecule has 0 saturated heterocycles. The van der Waals surface area contributed by atoms with Crippen molar-refractivity contribution in [1.82, 2.24) is 15.1 Å². The molecule has 0 aliphatic carbocycles. The van der Waals surface area contributed by atoms with Gasteiger partial charge < -0.3 is 5.32 Å². The molecule has 0 aliphatic rings. The average molecular weight is 303 g/mol. The van der Waals surface area contributed by atoms with Crippen LogP contribution in [0.2, 0.25) is 0 Å². The maximum atomic E-state index is 4.53. The Morgan fingerprint density at radius 1 is 1.24 bits per heavy atom. The third-order valence-electron chi connectivity index (χ3n) is 3.62. The number of hydrogen-bond donors (Lipinski definition) is 1. The van der Waals surface area contributed by atoms with E-state index in [0.717, 1.165) is 24.4 Å². The Kier molecular flexibility index (Phi) is 5.88. The van der Waals surface area contributed by atoms with Crippen molar-refractivity contribution in [2.75, 3.05) is 12.8 Å². The Morgan fingerprint density at radius 2 is 1.95 bits per heavy atom. The van der Waals surface area contributed by atoms with E-state index in [9.17, 15) is 0 Å². The largest absolute Gasteiger partial charge is 0.316 e. The van der Waals surface area contributed by atoms with Gasteiger partial charge in [-0.3, -0.25) is 4.68 Å². The van der Waals surface area contributed by atoms with Crippen LogP contribution in [0.3, 0.4) is 0 Å². The molecule has 1 heterocycles. The van der Waals surface area contributed by atoms with Gasteiger partial charge in [-0.15, -0.1) is 11.8 Å². The molecule has 0 aliphatic heterocycles. The van der Waals surface area contributed by atoms with Gasteiger partial charge in [0.25, 0.3) is 0 Å². The van der Waals surface area contributed by atoms with Crippen molar-refractivity contribution in [2.24, 2.45) is 0 Å². The van der Waals surface area contributed by atoms with E-state index in [1.165, 1.54) is 16.2 Å². The Bertz CT molecular complexity index is 560. The third kappa shape index (κ3) is 4.61. The molecule has 1 aromatic carbocycles. The van der Waals surface area contributed by atoms with Crippen LogP contribution in [0, 0.1) is 13.8 Å². The zero-order chi connectivity index (χ0) is 15.2. The molecule has 0 radical (unpaired) electrons. The average Bonchev–Trinajstić information content (AvgIpc) is 2.85. The monoisotopic (exact) mass is 303 g/mol. The Balaban J connectivity index is 1.95. The fourth-order valence-corrected chi connectivity index (χ4v) is 3.37. The van der Waals surface area contributed by atoms with Crippen molar-refractivity contribution in [2.45, 2.75) is 44.7 Å². The van der Waals surface area contributed by atoms with Crippen LogP contribution < -0.4 is 5.32 Å². The van der Waals surface area contributed by atoms with Crippen LogP contribution in [0.1, 0.15) is 23.9 Å². The van der Waals surface area contributed by atoms with Crippen LogP contribution in [0.15, 0.2) is 35.2 Å². The molecule has 1 atom stereocenters. The second kappa shape index (κ2) is 7.66. The summed E-state index contributed by atoms with van der Waals surface area (Å²) in [7, 11) is 2.04. The molecule has 0 bridgehead atoms. The standard InChI is InChI=1S/C17H25N3S/c1-5-20-16(10-14(3)19-20)11-15(18-4)12-21-17-8-6-13(2)7-9-17/h6-10,15,18H,5,11-12H2,1-4H3. The number of hydrogen-bond acceptors (Lipinski definition) is 3. The quantitative estimate of drug-likeness (QED) is 0.795. The van der Waals surface area contributed by atoms with Crippen LogP contribution >= 0.6 is 11.8 Å². The molecular formula is C17H25N3S. The van der Waals surface area contributed by atoms with Gasteiger partial charge in [0.2, 0.25) is 0 Å². The fourth-order valence-electron chi connectivity index (χ4n) is 2.37. The first kappa shape index (κ1) is 16.1. The molecule has 1 aromatic heterocycles. The van der Waals surface area contributed by atoms with E-state index in [2.05, 4.69) is 66.2 Å². The van der Waals surface area contributed by atoms with E-state index in [-0.39, 0.29) is 0 Å². The summed E-state index contributed by atoms with van der Waals surface area (Å²) in [6, 6.07) is 11.4. The van der Waals surface area contributed by atoms with Crippen molar-refractivity contribution in [3.8, 4) is 0 Å². The molecule has 0 amide bonds. The molecule has 2 aromatic rings. The van der Waals surface area contributed by atoms with Crippen molar-refractivity contribution in [3.63, 3.8) is 0 Å². The number of benzene rings is 1. The summed E-state index contributed by atoms with van der Waals surface area (Å²) in [5.41, 5.74) is 3.73. The molecule has 21 heavy (non-hydrogen) atoms. The van der Waals surface area contributed by atoms with Gasteiger partial charge in [-0.05, 0) is 46.0 Å². The number of aromatic nitrogens is 2. The van der Waals surface area contributed by atoms with Gasteiger partial charge in [0.05, 0.1) is 5.69 Å². The molecule has 3 nitrogen and oxygen atoms in total. The SMILES string of the molecule is CCn1nc(C)cc1CC(CSc1ccc(C)cc1)NC. The minimum atomic E-state index is 0.456. The lowest BCUT2D eigenvalue weighted by molar-refractivity contribution is 0.556. The van der Waals surface area contributed by atoms with Crippen molar-refractivity contribution in [3.05, 3.63) is 47.3 Å². The predicted molar refractivity (Wildman–Crippen MR) is 91.1 cm³/mol. The highest BCUT2D eigenvalue weighted by Crippen LogP contribution is 2.20. The lowest BCUT2D eigenvalue weighted by Crippen LogP contribution is -2.31. The van der Waals surface area contributed by atoms with E-state index in [4.69, 9.17) is 0 Å². The molecule has 1 unspecified atom stereocenters. The topological polar surface area (TPSA) is 29.9 Å². The maximum absolute atomic E-state index is 4.53. The fraction of sp³-hybridized carbons (Fsp3) is 0.471. The lowest BCUT2D eigenvalue weighted by atomic mass is 10.2. The molecule has 1 N–H and O–H groups in total. The Morgan fingerprint density at radius 3 is 2.57 bits per heavy atom.